The average Bonchev–Trinajstić information content (AvgIpc) is 2.24. The van der Waals surface area contributed by atoms with E-state index in [-0.39, 0.29) is 23.2 Å². The Kier molecular flexibility index (Phi) is 6.26. The van der Waals surface area contributed by atoms with Gasteiger partial charge in [-0.2, -0.15) is 0 Å². The summed E-state index contributed by atoms with van der Waals surface area (Å²) in [7, 11) is -9.96. The summed E-state index contributed by atoms with van der Waals surface area (Å²) in [6.07, 6.45) is 0.280. The lowest BCUT2D eigenvalue weighted by atomic mass is 9.85. The fraction of sp³-hybridized carbons (Fsp3) is 0.900. The summed E-state index contributed by atoms with van der Waals surface area (Å²) in [5.41, 5.74) is 0. The van der Waals surface area contributed by atoms with Gasteiger partial charge in [0.25, 0.3) is 0 Å². The van der Waals surface area contributed by atoms with E-state index < -0.39 is 32.6 Å². The fourth-order valence-corrected chi connectivity index (χ4v) is 6.62. The van der Waals surface area contributed by atoms with Crippen molar-refractivity contribution in [1.29, 1.82) is 0 Å². The van der Waals surface area contributed by atoms with E-state index >= 15 is 0 Å². The van der Waals surface area contributed by atoms with Crippen LogP contribution in [-0.2, 0) is 13.9 Å². The summed E-state index contributed by atoms with van der Waals surface area (Å²) in [6.45, 7) is 1.37. The third kappa shape index (κ3) is 5.44. The molecule has 21 heavy (non-hydrogen) atoms. The number of carbonyl (C=O) groups is 1. The highest BCUT2D eigenvalue weighted by Crippen LogP contribution is 2.61. The largest absolute Gasteiger partial charge is 0.377 e. The van der Waals surface area contributed by atoms with Gasteiger partial charge in [0.2, 0.25) is 0 Å². The van der Waals surface area contributed by atoms with Gasteiger partial charge in [0, 0.05) is 18.1 Å². The molecule has 1 fully saturated rings. The number of thioether (sulfide) groups is 1. The first-order valence-corrected chi connectivity index (χ1v) is 10.6. The van der Waals surface area contributed by atoms with Crippen molar-refractivity contribution in [3.8, 4) is 0 Å². The van der Waals surface area contributed by atoms with E-state index in [1.807, 2.05) is 0 Å². The standard InChI is InChI=1S/C10H20O8P2S/c1-7(11)21-9-4-2-3-8(5-9)10(12,20(16,17)18)6-19(13,14)15/h8-9,12H,2-6H2,1H3,(H2,13,14,15)(H2,16,17,18). The van der Waals surface area contributed by atoms with Crippen LogP contribution in [-0.4, -0.2) is 46.5 Å². The summed E-state index contributed by atoms with van der Waals surface area (Å²) in [4.78, 5) is 47.9. The van der Waals surface area contributed by atoms with Crippen molar-refractivity contribution in [2.24, 2.45) is 5.92 Å². The molecule has 0 aromatic heterocycles. The first-order valence-electron chi connectivity index (χ1n) is 6.35. The van der Waals surface area contributed by atoms with E-state index in [1.54, 1.807) is 0 Å². The highest BCUT2D eigenvalue weighted by molar-refractivity contribution is 8.14. The molecule has 11 heteroatoms. The molecule has 0 heterocycles. The first kappa shape index (κ1) is 19.3. The molecule has 8 nitrogen and oxygen atoms in total. The van der Waals surface area contributed by atoms with Crippen LogP contribution in [0.5, 0.6) is 0 Å². The third-order valence-electron chi connectivity index (χ3n) is 3.56. The third-order valence-corrected chi connectivity index (χ3v) is 7.32. The van der Waals surface area contributed by atoms with Crippen LogP contribution in [0.2, 0.25) is 0 Å². The van der Waals surface area contributed by atoms with Crippen LogP contribution in [0.15, 0.2) is 0 Å². The number of hydrogen-bond donors (Lipinski definition) is 5. The molecule has 1 aliphatic carbocycles. The second-order valence-electron chi connectivity index (χ2n) is 5.34. The van der Waals surface area contributed by atoms with Gasteiger partial charge in [-0.1, -0.05) is 18.2 Å². The topological polar surface area (TPSA) is 152 Å². The molecule has 5 N–H and O–H groups in total. The van der Waals surface area contributed by atoms with E-state index in [0.29, 0.717) is 12.8 Å². The zero-order valence-electron chi connectivity index (χ0n) is 11.5. The van der Waals surface area contributed by atoms with Gasteiger partial charge in [0.15, 0.2) is 10.5 Å². The minimum atomic E-state index is -5.14. The smallest absolute Gasteiger partial charge is 0.357 e. The maximum Gasteiger partial charge on any atom is 0.357 e. The molecule has 0 amide bonds. The van der Waals surface area contributed by atoms with Crippen molar-refractivity contribution in [2.75, 3.05) is 6.16 Å². The van der Waals surface area contributed by atoms with Crippen LogP contribution in [0.4, 0.5) is 0 Å². The molecule has 1 aliphatic rings. The van der Waals surface area contributed by atoms with Crippen molar-refractivity contribution in [1.82, 2.24) is 0 Å². The van der Waals surface area contributed by atoms with Crippen molar-refractivity contribution in [3.05, 3.63) is 0 Å². The summed E-state index contributed by atoms with van der Waals surface area (Å²) in [6, 6.07) is 0. The highest BCUT2D eigenvalue weighted by Gasteiger charge is 2.55. The van der Waals surface area contributed by atoms with E-state index in [4.69, 9.17) is 9.79 Å². The number of carbonyl (C=O) groups excluding carboxylic acids is 1. The fourth-order valence-electron chi connectivity index (χ4n) is 2.67. The molecule has 3 unspecified atom stereocenters. The molecule has 124 valence electrons. The van der Waals surface area contributed by atoms with Crippen LogP contribution in [0.25, 0.3) is 0 Å². The van der Waals surface area contributed by atoms with E-state index in [1.165, 1.54) is 6.92 Å². The molecule has 0 bridgehead atoms. The van der Waals surface area contributed by atoms with Gasteiger partial charge < -0.3 is 24.7 Å². The molecule has 1 rings (SSSR count). The van der Waals surface area contributed by atoms with Gasteiger partial charge in [-0.25, -0.2) is 0 Å². The molecule has 1 saturated carbocycles. The Morgan fingerprint density at radius 1 is 1.24 bits per heavy atom. The molecule has 3 atom stereocenters. The average molecular weight is 362 g/mol. The van der Waals surface area contributed by atoms with Crippen molar-refractivity contribution >= 4 is 32.1 Å². The molecule has 0 saturated heterocycles. The lowest BCUT2D eigenvalue weighted by Crippen LogP contribution is -2.44. The summed E-state index contributed by atoms with van der Waals surface area (Å²) >= 11 is 1.03. The molecular formula is C10H20O8P2S. The Balaban J connectivity index is 3.01. The van der Waals surface area contributed by atoms with Crippen LogP contribution >= 0.6 is 27.0 Å². The van der Waals surface area contributed by atoms with Gasteiger partial charge in [-0.15, -0.1) is 0 Å². The zero-order valence-corrected chi connectivity index (χ0v) is 14.1. The van der Waals surface area contributed by atoms with Crippen LogP contribution in [0.1, 0.15) is 32.6 Å². The van der Waals surface area contributed by atoms with Crippen molar-refractivity contribution in [3.63, 3.8) is 0 Å². The predicted octanol–water partition coefficient (Wildman–Crippen LogP) is 0.869. The second-order valence-corrected chi connectivity index (χ2v) is 10.3. The zero-order chi connectivity index (χ0) is 16.5. The van der Waals surface area contributed by atoms with Crippen LogP contribution < -0.4 is 0 Å². The Labute approximate surface area is 126 Å². The maximum absolute atomic E-state index is 11.6. The summed E-state index contributed by atoms with van der Waals surface area (Å²) < 4.78 is 22.7. The molecular weight excluding hydrogens is 342 g/mol. The van der Waals surface area contributed by atoms with E-state index in [9.17, 15) is 28.8 Å². The van der Waals surface area contributed by atoms with Gasteiger partial charge in [-0.3, -0.25) is 13.9 Å². The van der Waals surface area contributed by atoms with E-state index in [2.05, 4.69) is 0 Å². The van der Waals surface area contributed by atoms with Gasteiger partial charge >= 0.3 is 15.2 Å². The molecule has 0 aromatic carbocycles. The van der Waals surface area contributed by atoms with E-state index in [0.717, 1.165) is 11.8 Å². The highest BCUT2D eigenvalue weighted by atomic mass is 32.2. The number of rotatable bonds is 5. The summed E-state index contributed by atoms with van der Waals surface area (Å²) in [5.74, 6) is -0.962. The second kappa shape index (κ2) is 6.81. The predicted molar refractivity (Wildman–Crippen MR) is 77.9 cm³/mol. The van der Waals surface area contributed by atoms with Gasteiger partial charge in [0.05, 0.1) is 6.16 Å². The molecule has 0 radical (unpaired) electrons. The van der Waals surface area contributed by atoms with Crippen molar-refractivity contribution in [2.45, 2.75) is 43.2 Å². The Morgan fingerprint density at radius 2 is 1.81 bits per heavy atom. The Morgan fingerprint density at radius 3 is 2.24 bits per heavy atom. The molecule has 0 aromatic rings. The SMILES string of the molecule is CC(=O)SC1CCCC(C(O)(CP(=O)(O)O)P(=O)(O)O)C1. The number of hydrogen-bond acceptors (Lipinski definition) is 5. The Hall–Kier alpha value is 0.280. The minimum absolute atomic E-state index is 0.131. The minimum Gasteiger partial charge on any atom is -0.377 e. The number of aliphatic hydroxyl groups is 1. The van der Waals surface area contributed by atoms with Gasteiger partial charge in [0.1, 0.15) is 0 Å². The van der Waals surface area contributed by atoms with Crippen LogP contribution in [0.3, 0.4) is 0 Å². The van der Waals surface area contributed by atoms with Gasteiger partial charge in [-0.05, 0) is 19.3 Å². The lowest BCUT2D eigenvalue weighted by Gasteiger charge is -2.40. The molecule has 0 aliphatic heterocycles. The van der Waals surface area contributed by atoms with Crippen molar-refractivity contribution < 1.29 is 38.6 Å². The monoisotopic (exact) mass is 362 g/mol. The first-order chi connectivity index (χ1) is 9.35. The molecule has 0 spiro atoms. The lowest BCUT2D eigenvalue weighted by molar-refractivity contribution is -0.109. The quantitative estimate of drug-likeness (QED) is 0.448. The maximum atomic E-state index is 11.6. The Bertz CT molecular complexity index is 485. The van der Waals surface area contributed by atoms with Crippen LogP contribution in [0, 0.1) is 5.92 Å². The summed E-state index contributed by atoms with van der Waals surface area (Å²) in [5, 5.41) is 7.19. The normalized spacial score (nSPS) is 27.1.